The lowest BCUT2D eigenvalue weighted by Crippen LogP contribution is -2.60. The maximum Gasteiger partial charge on any atom is 0.257 e. The number of hydrogen-bond acceptors (Lipinski definition) is 7. The van der Waals surface area contributed by atoms with Gasteiger partial charge in [-0.1, -0.05) is 17.3 Å². The summed E-state index contributed by atoms with van der Waals surface area (Å²) in [4.78, 5) is 5.34. The summed E-state index contributed by atoms with van der Waals surface area (Å²) in [5.74, 6) is 0.378. The van der Waals surface area contributed by atoms with Crippen LogP contribution in [0.5, 0.6) is 0 Å². The molecule has 1 aromatic carbocycles. The largest absolute Gasteiger partial charge is 0.344 e. The van der Waals surface area contributed by atoms with Gasteiger partial charge in [-0.3, -0.25) is 5.41 Å². The summed E-state index contributed by atoms with van der Waals surface area (Å²) in [6, 6.07) is 8.78. The minimum atomic E-state index is -3.72. The highest BCUT2D eigenvalue weighted by molar-refractivity contribution is 7.89. The van der Waals surface area contributed by atoms with Crippen LogP contribution < -0.4 is 5.32 Å². The van der Waals surface area contributed by atoms with Crippen LogP contribution in [0.4, 0.5) is 4.39 Å². The van der Waals surface area contributed by atoms with E-state index in [9.17, 15) is 12.8 Å². The second-order valence-electron chi connectivity index (χ2n) is 8.13. The third-order valence-corrected chi connectivity index (χ3v) is 8.95. The number of hydrogen-bond donors (Lipinski definition) is 2. The van der Waals surface area contributed by atoms with Crippen molar-refractivity contribution in [1.82, 2.24) is 19.8 Å². The highest BCUT2D eigenvalue weighted by Crippen LogP contribution is 2.41. The Labute approximate surface area is 182 Å². The van der Waals surface area contributed by atoms with Crippen LogP contribution in [0.1, 0.15) is 36.4 Å². The van der Waals surface area contributed by atoms with E-state index in [1.54, 1.807) is 6.92 Å². The lowest BCUT2D eigenvalue weighted by atomic mass is 10.0. The Morgan fingerprint density at radius 3 is 2.77 bits per heavy atom. The number of nitrogens with one attached hydrogen (secondary N) is 2. The number of thiophene rings is 1. The first-order valence-electron chi connectivity index (χ1n) is 9.74. The van der Waals surface area contributed by atoms with Crippen molar-refractivity contribution in [1.29, 1.82) is 5.41 Å². The maximum atomic E-state index is 15.0. The van der Waals surface area contributed by atoms with Gasteiger partial charge in [-0.2, -0.15) is 4.98 Å². The third-order valence-electron chi connectivity index (χ3n) is 5.56. The van der Waals surface area contributed by atoms with Gasteiger partial charge in [0.15, 0.2) is 5.82 Å². The molecule has 0 spiro atoms. The molecule has 2 fully saturated rings. The van der Waals surface area contributed by atoms with Gasteiger partial charge < -0.3 is 9.84 Å². The number of aromatic nitrogens is 2. The molecule has 2 aromatic heterocycles. The van der Waals surface area contributed by atoms with E-state index in [1.165, 1.54) is 13.1 Å². The molecule has 1 aliphatic carbocycles. The van der Waals surface area contributed by atoms with Crippen LogP contribution >= 0.6 is 11.3 Å². The van der Waals surface area contributed by atoms with Gasteiger partial charge in [0.1, 0.15) is 5.82 Å². The first kappa shape index (κ1) is 20.1. The zero-order valence-corrected chi connectivity index (χ0v) is 18.5. The van der Waals surface area contributed by atoms with E-state index in [0.717, 1.165) is 45.4 Å². The van der Waals surface area contributed by atoms with Crippen LogP contribution in [-0.2, 0) is 15.6 Å². The van der Waals surface area contributed by atoms with Crippen LogP contribution in [0.25, 0.3) is 21.9 Å². The summed E-state index contributed by atoms with van der Waals surface area (Å²) in [6.07, 6.45) is 2.15. The van der Waals surface area contributed by atoms with Crippen molar-refractivity contribution in [2.45, 2.75) is 31.2 Å². The van der Waals surface area contributed by atoms with Crippen molar-refractivity contribution < 1.29 is 17.3 Å². The molecule has 0 bridgehead atoms. The average molecular weight is 462 g/mol. The first-order valence-corrected chi connectivity index (χ1v) is 12.2. The molecule has 1 saturated carbocycles. The Bertz CT molecular complexity index is 1300. The van der Waals surface area contributed by atoms with E-state index in [2.05, 4.69) is 15.5 Å². The molecule has 1 aliphatic heterocycles. The van der Waals surface area contributed by atoms with E-state index in [-0.39, 0.29) is 16.6 Å². The summed E-state index contributed by atoms with van der Waals surface area (Å²) in [5, 5.41) is 14.8. The predicted octanol–water partition coefficient (Wildman–Crippen LogP) is 3.50. The van der Waals surface area contributed by atoms with Crippen LogP contribution in [0.2, 0.25) is 0 Å². The fourth-order valence-corrected chi connectivity index (χ4v) is 6.34. The van der Waals surface area contributed by atoms with Crippen molar-refractivity contribution in [3.63, 3.8) is 0 Å². The van der Waals surface area contributed by atoms with Gasteiger partial charge in [0, 0.05) is 23.4 Å². The Balaban J connectivity index is 1.49. The number of nitrogens with zero attached hydrogens (tertiary/aromatic N) is 3. The highest BCUT2D eigenvalue weighted by atomic mass is 32.2. The van der Waals surface area contributed by atoms with E-state index >= 15 is 0 Å². The van der Waals surface area contributed by atoms with Crippen LogP contribution in [0.3, 0.4) is 0 Å². The van der Waals surface area contributed by atoms with E-state index < -0.39 is 21.4 Å². The smallest absolute Gasteiger partial charge is 0.257 e. The molecule has 1 atom stereocenters. The van der Waals surface area contributed by atoms with E-state index in [4.69, 9.17) is 9.93 Å². The summed E-state index contributed by atoms with van der Waals surface area (Å²) in [5.41, 5.74) is 0.257. The number of guanidine groups is 1. The molecule has 2 N–H and O–H groups in total. The van der Waals surface area contributed by atoms with Gasteiger partial charge in [0.25, 0.3) is 5.89 Å². The number of rotatable bonds is 4. The van der Waals surface area contributed by atoms with E-state index in [1.807, 2.05) is 24.3 Å². The van der Waals surface area contributed by atoms with Crippen LogP contribution in [-0.4, -0.2) is 41.6 Å². The van der Waals surface area contributed by atoms with Crippen molar-refractivity contribution in [2.75, 3.05) is 12.8 Å². The predicted molar refractivity (Wildman–Crippen MR) is 115 cm³/mol. The molecule has 11 heteroatoms. The molecule has 0 amide bonds. The third kappa shape index (κ3) is 3.51. The summed E-state index contributed by atoms with van der Waals surface area (Å²) >= 11 is 1.16. The zero-order valence-electron chi connectivity index (χ0n) is 16.8. The van der Waals surface area contributed by atoms with Crippen molar-refractivity contribution in [2.24, 2.45) is 0 Å². The molecule has 31 heavy (non-hydrogen) atoms. The molecule has 3 heterocycles. The molecule has 0 unspecified atom stereocenters. The van der Waals surface area contributed by atoms with Crippen LogP contribution in [0.15, 0.2) is 34.9 Å². The fraction of sp³-hybridized carbons (Fsp3) is 0.350. The van der Waals surface area contributed by atoms with Gasteiger partial charge in [0.2, 0.25) is 16.0 Å². The average Bonchev–Trinajstić information content (AvgIpc) is 3.30. The van der Waals surface area contributed by atoms with Crippen molar-refractivity contribution in [3.05, 3.63) is 46.9 Å². The van der Waals surface area contributed by atoms with Crippen molar-refractivity contribution in [3.8, 4) is 21.9 Å². The molecular weight excluding hydrogens is 441 g/mol. The second kappa shape index (κ2) is 6.86. The molecule has 5 rings (SSSR count). The zero-order chi connectivity index (χ0) is 22.0. The molecule has 8 nitrogen and oxygen atoms in total. The molecule has 0 radical (unpaired) electrons. The second-order valence-corrected chi connectivity index (χ2v) is 11.2. The highest BCUT2D eigenvalue weighted by Gasteiger charge is 2.44. The number of benzene rings is 1. The molecular formula is C20H20FN5O3S2. The molecule has 3 aromatic rings. The van der Waals surface area contributed by atoms with Crippen molar-refractivity contribution >= 4 is 27.3 Å². The first-order chi connectivity index (χ1) is 14.7. The summed E-state index contributed by atoms with van der Waals surface area (Å²) in [6.45, 7) is 1.60. The Morgan fingerprint density at radius 1 is 1.32 bits per heavy atom. The summed E-state index contributed by atoms with van der Waals surface area (Å²) < 4.78 is 46.1. The lowest BCUT2D eigenvalue weighted by Gasteiger charge is -2.39. The minimum Gasteiger partial charge on any atom is -0.344 e. The fourth-order valence-electron chi connectivity index (χ4n) is 3.65. The van der Waals surface area contributed by atoms with Crippen LogP contribution in [0, 0.1) is 11.2 Å². The number of sulfonamides is 1. The van der Waals surface area contributed by atoms with Gasteiger partial charge in [0.05, 0.1) is 16.2 Å². The SMILES string of the molecule is CN1C(=N)N[C@](C)(c2sc(-c3cccc(-c4nc(C5CC5)no4)c3)cc2F)CS1(=O)=O. The standard InChI is InChI=1S/C20H20FN5O3S2/c1-20(10-31(27,28)26(2)19(22)24-20)16-14(21)9-15(30-16)12-4-3-5-13(8-12)18-23-17(25-29-18)11-6-7-11/h3-5,8-9,11H,6-7,10H2,1-2H3,(H2,22,24)/t20-/m0/s1. The quantitative estimate of drug-likeness (QED) is 0.615. The number of halogens is 1. The van der Waals surface area contributed by atoms with E-state index in [0.29, 0.717) is 16.7 Å². The van der Waals surface area contributed by atoms with Gasteiger partial charge in [-0.15, -0.1) is 11.3 Å². The molecule has 1 saturated heterocycles. The molecule has 2 aliphatic rings. The van der Waals surface area contributed by atoms with Gasteiger partial charge in [-0.05, 0) is 43.5 Å². The van der Waals surface area contributed by atoms with Gasteiger partial charge >= 0.3 is 0 Å². The molecule has 162 valence electrons. The summed E-state index contributed by atoms with van der Waals surface area (Å²) in [7, 11) is -2.42. The Morgan fingerprint density at radius 2 is 2.06 bits per heavy atom. The Kier molecular flexibility index (Phi) is 4.45. The topological polar surface area (TPSA) is 112 Å². The maximum absolute atomic E-state index is 15.0. The minimum absolute atomic E-state index is 0.239. The Hall–Kier alpha value is -2.79. The monoisotopic (exact) mass is 461 g/mol. The normalized spacial score (nSPS) is 23.1. The van der Waals surface area contributed by atoms with Gasteiger partial charge in [-0.25, -0.2) is 17.1 Å². The lowest BCUT2D eigenvalue weighted by molar-refractivity contribution is 0.411.